The first-order chi connectivity index (χ1) is 8.11. The second-order valence-electron chi connectivity index (χ2n) is 3.92. The van der Waals surface area contributed by atoms with Crippen molar-refractivity contribution < 1.29 is 9.47 Å². The molecule has 0 amide bonds. The highest BCUT2D eigenvalue weighted by atomic mass is 16.5. The summed E-state index contributed by atoms with van der Waals surface area (Å²) in [4.78, 5) is 18.2. The van der Waals surface area contributed by atoms with Gasteiger partial charge in [-0.3, -0.25) is 4.79 Å². The normalized spacial score (nSPS) is 10.8. The zero-order valence-electron chi connectivity index (χ0n) is 9.98. The minimum absolute atomic E-state index is 0.0112. The van der Waals surface area contributed by atoms with Crippen molar-refractivity contribution in [2.24, 2.45) is 0 Å². The van der Waals surface area contributed by atoms with Gasteiger partial charge in [-0.25, -0.2) is 4.98 Å². The molecule has 90 valence electrons. The molecule has 0 saturated heterocycles. The number of nitrogens with one attached hydrogen (secondary N) is 1. The quantitative estimate of drug-likeness (QED) is 0.878. The van der Waals surface area contributed by atoms with E-state index in [-0.39, 0.29) is 11.7 Å². The van der Waals surface area contributed by atoms with Crippen LogP contribution in [-0.4, -0.2) is 23.2 Å². The summed E-state index contributed by atoms with van der Waals surface area (Å²) in [6.45, 7) is 3.83. The minimum Gasteiger partial charge on any atom is -0.493 e. The van der Waals surface area contributed by atoms with Crippen LogP contribution in [0, 0.1) is 0 Å². The number of benzene rings is 1. The van der Waals surface area contributed by atoms with E-state index in [4.69, 9.17) is 9.47 Å². The Morgan fingerprint density at radius 3 is 2.71 bits per heavy atom. The van der Waals surface area contributed by atoms with Gasteiger partial charge in [-0.05, 0) is 19.9 Å². The number of rotatable bonds is 3. The van der Waals surface area contributed by atoms with E-state index in [0.29, 0.717) is 22.4 Å². The van der Waals surface area contributed by atoms with Gasteiger partial charge in [0, 0.05) is 6.07 Å². The van der Waals surface area contributed by atoms with Crippen molar-refractivity contribution in [3.63, 3.8) is 0 Å². The van der Waals surface area contributed by atoms with Crippen molar-refractivity contribution in [2.45, 2.75) is 20.0 Å². The van der Waals surface area contributed by atoms with Gasteiger partial charge in [0.2, 0.25) is 0 Å². The minimum atomic E-state index is -0.189. The molecule has 0 aliphatic carbocycles. The van der Waals surface area contributed by atoms with E-state index >= 15 is 0 Å². The zero-order valence-corrected chi connectivity index (χ0v) is 9.98. The van der Waals surface area contributed by atoms with E-state index in [0.717, 1.165) is 0 Å². The number of aromatic nitrogens is 2. The third-order valence-electron chi connectivity index (χ3n) is 2.29. The summed E-state index contributed by atoms with van der Waals surface area (Å²) < 4.78 is 10.8. The lowest BCUT2D eigenvalue weighted by Gasteiger charge is -2.13. The van der Waals surface area contributed by atoms with Crippen LogP contribution >= 0.6 is 0 Å². The summed E-state index contributed by atoms with van der Waals surface area (Å²) in [6, 6.07) is 3.35. The second-order valence-corrected chi connectivity index (χ2v) is 3.92. The Hall–Kier alpha value is -2.04. The number of hydrogen-bond donors (Lipinski definition) is 1. The van der Waals surface area contributed by atoms with E-state index in [1.165, 1.54) is 6.33 Å². The number of nitrogens with zero attached hydrogens (tertiary/aromatic N) is 1. The molecule has 5 nitrogen and oxygen atoms in total. The SMILES string of the molecule is COc1cc2nc[nH]c(=O)c2cc1OC(C)C. The summed E-state index contributed by atoms with van der Waals surface area (Å²) in [7, 11) is 1.56. The molecule has 5 heteroatoms. The summed E-state index contributed by atoms with van der Waals surface area (Å²) in [6.07, 6.45) is 1.38. The number of hydrogen-bond acceptors (Lipinski definition) is 4. The van der Waals surface area contributed by atoms with Crippen LogP contribution in [-0.2, 0) is 0 Å². The maximum atomic E-state index is 11.6. The van der Waals surface area contributed by atoms with E-state index in [9.17, 15) is 4.79 Å². The average Bonchev–Trinajstić information content (AvgIpc) is 2.29. The van der Waals surface area contributed by atoms with Crippen LogP contribution in [0.4, 0.5) is 0 Å². The first kappa shape index (κ1) is 11.4. The standard InChI is InChI=1S/C12H14N2O3/c1-7(2)17-11-4-8-9(5-10(11)16-3)13-6-14-12(8)15/h4-7H,1-3H3,(H,13,14,15). The lowest BCUT2D eigenvalue weighted by atomic mass is 10.2. The van der Waals surface area contributed by atoms with E-state index in [2.05, 4.69) is 9.97 Å². The van der Waals surface area contributed by atoms with Crippen LogP contribution in [0.5, 0.6) is 11.5 Å². The Bertz CT molecular complexity index is 590. The predicted molar refractivity (Wildman–Crippen MR) is 64.7 cm³/mol. The van der Waals surface area contributed by atoms with Crippen molar-refractivity contribution in [3.05, 3.63) is 28.8 Å². The highest BCUT2D eigenvalue weighted by molar-refractivity contribution is 5.81. The molecule has 0 saturated carbocycles. The molecule has 0 atom stereocenters. The van der Waals surface area contributed by atoms with Gasteiger partial charge < -0.3 is 14.5 Å². The van der Waals surface area contributed by atoms with E-state index in [1.807, 2.05) is 13.8 Å². The first-order valence-corrected chi connectivity index (χ1v) is 5.34. The number of aromatic amines is 1. The predicted octanol–water partition coefficient (Wildman–Crippen LogP) is 1.72. The number of H-pyrrole nitrogens is 1. The van der Waals surface area contributed by atoms with Crippen LogP contribution in [0.3, 0.4) is 0 Å². The van der Waals surface area contributed by atoms with Crippen LogP contribution in [0.2, 0.25) is 0 Å². The third-order valence-corrected chi connectivity index (χ3v) is 2.29. The van der Waals surface area contributed by atoms with Crippen molar-refractivity contribution in [1.29, 1.82) is 0 Å². The summed E-state index contributed by atoms with van der Waals surface area (Å²) in [5.74, 6) is 1.12. The van der Waals surface area contributed by atoms with Gasteiger partial charge in [0.1, 0.15) is 0 Å². The molecule has 0 radical (unpaired) electrons. The fraction of sp³-hybridized carbons (Fsp3) is 0.333. The number of methoxy groups -OCH3 is 1. The summed E-state index contributed by atoms with van der Waals surface area (Å²) in [5.41, 5.74) is 0.396. The number of fused-ring (bicyclic) bond motifs is 1. The molecule has 1 N–H and O–H groups in total. The van der Waals surface area contributed by atoms with Gasteiger partial charge in [-0.2, -0.15) is 0 Å². The van der Waals surface area contributed by atoms with Gasteiger partial charge >= 0.3 is 0 Å². The van der Waals surface area contributed by atoms with Crippen LogP contribution in [0.15, 0.2) is 23.3 Å². The Kier molecular flexibility index (Phi) is 2.99. The van der Waals surface area contributed by atoms with E-state index < -0.39 is 0 Å². The topological polar surface area (TPSA) is 64.2 Å². The summed E-state index contributed by atoms with van der Waals surface area (Å²) >= 11 is 0. The maximum absolute atomic E-state index is 11.6. The molecule has 1 aromatic heterocycles. The Morgan fingerprint density at radius 1 is 1.29 bits per heavy atom. The molecule has 0 spiro atoms. The molecule has 17 heavy (non-hydrogen) atoms. The fourth-order valence-electron chi connectivity index (χ4n) is 1.58. The molecule has 0 fully saturated rings. The van der Waals surface area contributed by atoms with E-state index in [1.54, 1.807) is 19.2 Å². The molecule has 0 unspecified atom stereocenters. The van der Waals surface area contributed by atoms with Gasteiger partial charge in [-0.15, -0.1) is 0 Å². The third kappa shape index (κ3) is 2.22. The first-order valence-electron chi connectivity index (χ1n) is 5.34. The number of ether oxygens (including phenoxy) is 2. The summed E-state index contributed by atoms with van der Waals surface area (Å²) in [5, 5.41) is 0.490. The van der Waals surface area contributed by atoms with Gasteiger partial charge in [-0.1, -0.05) is 0 Å². The molecular weight excluding hydrogens is 220 g/mol. The highest BCUT2D eigenvalue weighted by Crippen LogP contribution is 2.30. The lowest BCUT2D eigenvalue weighted by Crippen LogP contribution is -2.10. The monoisotopic (exact) mass is 234 g/mol. The fourth-order valence-corrected chi connectivity index (χ4v) is 1.58. The molecule has 2 rings (SSSR count). The van der Waals surface area contributed by atoms with Crippen molar-refractivity contribution in [1.82, 2.24) is 9.97 Å². The Balaban J connectivity index is 2.65. The second kappa shape index (κ2) is 4.45. The lowest BCUT2D eigenvalue weighted by molar-refractivity contribution is 0.230. The molecular formula is C12H14N2O3. The Morgan fingerprint density at radius 2 is 2.06 bits per heavy atom. The Labute approximate surface area is 98.4 Å². The van der Waals surface area contributed by atoms with Gasteiger partial charge in [0.25, 0.3) is 5.56 Å². The van der Waals surface area contributed by atoms with Crippen molar-refractivity contribution in [2.75, 3.05) is 7.11 Å². The van der Waals surface area contributed by atoms with Gasteiger partial charge in [0.05, 0.1) is 30.4 Å². The molecule has 0 bridgehead atoms. The molecule has 0 aliphatic rings. The van der Waals surface area contributed by atoms with Crippen molar-refractivity contribution in [3.8, 4) is 11.5 Å². The maximum Gasteiger partial charge on any atom is 0.258 e. The molecule has 1 heterocycles. The largest absolute Gasteiger partial charge is 0.493 e. The van der Waals surface area contributed by atoms with Crippen LogP contribution in [0.25, 0.3) is 10.9 Å². The smallest absolute Gasteiger partial charge is 0.258 e. The molecule has 0 aliphatic heterocycles. The molecule has 1 aromatic carbocycles. The van der Waals surface area contributed by atoms with Crippen LogP contribution < -0.4 is 15.0 Å². The molecule has 2 aromatic rings. The average molecular weight is 234 g/mol. The van der Waals surface area contributed by atoms with Crippen molar-refractivity contribution >= 4 is 10.9 Å². The zero-order chi connectivity index (χ0) is 12.4. The van der Waals surface area contributed by atoms with Gasteiger partial charge in [0.15, 0.2) is 11.5 Å². The van der Waals surface area contributed by atoms with Crippen LogP contribution in [0.1, 0.15) is 13.8 Å². The highest BCUT2D eigenvalue weighted by Gasteiger charge is 2.10.